The van der Waals surface area contributed by atoms with Gasteiger partial charge in [-0.1, -0.05) is 13.8 Å². The Balaban J connectivity index is 3.07. The summed E-state index contributed by atoms with van der Waals surface area (Å²) >= 11 is 0. The van der Waals surface area contributed by atoms with Crippen molar-refractivity contribution >= 4 is 23.3 Å². The predicted molar refractivity (Wildman–Crippen MR) is 75.1 cm³/mol. The van der Waals surface area contributed by atoms with Gasteiger partial charge in [0.05, 0.1) is 0 Å². The van der Waals surface area contributed by atoms with E-state index in [4.69, 9.17) is 5.11 Å². The monoisotopic (exact) mass is 278 g/mol. The van der Waals surface area contributed by atoms with Crippen molar-refractivity contribution in [2.45, 2.75) is 13.8 Å². The van der Waals surface area contributed by atoms with E-state index in [9.17, 15) is 14.4 Å². The maximum Gasteiger partial charge on any atom is 0.322 e. The summed E-state index contributed by atoms with van der Waals surface area (Å²) in [4.78, 5) is 34.3. The average Bonchev–Trinajstić information content (AvgIpc) is 2.42. The molecule has 3 N–H and O–H groups in total. The van der Waals surface area contributed by atoms with E-state index in [0.29, 0.717) is 11.3 Å². The molecule has 0 saturated heterocycles. The molecule has 1 rings (SSSR count). The third kappa shape index (κ3) is 4.08. The fraction of sp³-hybridized carbons (Fsp3) is 0.357. The number of rotatable bonds is 6. The van der Waals surface area contributed by atoms with Crippen molar-refractivity contribution in [1.29, 1.82) is 0 Å². The summed E-state index contributed by atoms with van der Waals surface area (Å²) < 4.78 is 0. The van der Waals surface area contributed by atoms with Gasteiger partial charge in [0.2, 0.25) is 0 Å². The maximum atomic E-state index is 12.0. The van der Waals surface area contributed by atoms with Crippen LogP contribution in [0.1, 0.15) is 34.6 Å². The Morgan fingerprint density at radius 2 is 1.75 bits per heavy atom. The lowest BCUT2D eigenvalue weighted by Gasteiger charge is -2.10. The summed E-state index contributed by atoms with van der Waals surface area (Å²) in [5.74, 6) is -1.91. The van der Waals surface area contributed by atoms with Gasteiger partial charge in [0.1, 0.15) is 6.54 Å². The van der Waals surface area contributed by atoms with E-state index in [0.717, 1.165) is 0 Å². The van der Waals surface area contributed by atoms with Crippen LogP contribution >= 0.6 is 0 Å². The van der Waals surface area contributed by atoms with E-state index >= 15 is 0 Å². The molecule has 0 unspecified atom stereocenters. The Bertz CT molecular complexity index is 538. The van der Waals surface area contributed by atoms with Gasteiger partial charge in [0.25, 0.3) is 5.91 Å². The minimum absolute atomic E-state index is 0.0746. The van der Waals surface area contributed by atoms with Crippen LogP contribution < -0.4 is 10.6 Å². The minimum atomic E-state index is -1.12. The zero-order valence-electron chi connectivity index (χ0n) is 11.7. The molecule has 0 aromatic heterocycles. The van der Waals surface area contributed by atoms with Crippen LogP contribution in [0.2, 0.25) is 0 Å². The van der Waals surface area contributed by atoms with Crippen LogP contribution in [0.5, 0.6) is 0 Å². The van der Waals surface area contributed by atoms with Crippen molar-refractivity contribution in [2.24, 2.45) is 5.92 Å². The normalized spacial score (nSPS) is 10.2. The molecule has 20 heavy (non-hydrogen) atoms. The molecule has 0 radical (unpaired) electrons. The second-order valence-corrected chi connectivity index (χ2v) is 4.64. The van der Waals surface area contributed by atoms with E-state index in [1.807, 2.05) is 0 Å². The van der Waals surface area contributed by atoms with Crippen molar-refractivity contribution < 1.29 is 19.5 Å². The van der Waals surface area contributed by atoms with Crippen molar-refractivity contribution in [3.8, 4) is 0 Å². The van der Waals surface area contributed by atoms with Gasteiger partial charge in [-0.15, -0.1) is 0 Å². The van der Waals surface area contributed by atoms with Gasteiger partial charge < -0.3 is 15.7 Å². The topological polar surface area (TPSA) is 95.5 Å². The third-order valence-corrected chi connectivity index (χ3v) is 2.69. The molecule has 1 aromatic carbocycles. The number of carboxylic acids is 1. The number of aliphatic carboxylic acids is 1. The number of carbonyl (C=O) groups excluding carboxylic acids is 2. The standard InChI is InChI=1S/C14H18N2O4/c1-8(2)13(19)9-4-10(6-11(5-9)15-3)14(20)16-7-12(17)18/h4-6,8,15H,7H2,1-3H3,(H,16,20)(H,17,18). The molecule has 108 valence electrons. The highest BCUT2D eigenvalue weighted by atomic mass is 16.4. The molecule has 6 nitrogen and oxygen atoms in total. The molecule has 0 bridgehead atoms. The molecule has 1 aromatic rings. The Labute approximate surface area is 117 Å². The lowest BCUT2D eigenvalue weighted by atomic mass is 9.98. The zero-order valence-corrected chi connectivity index (χ0v) is 11.7. The van der Waals surface area contributed by atoms with E-state index in [-0.39, 0.29) is 17.3 Å². The highest BCUT2D eigenvalue weighted by Gasteiger charge is 2.15. The first kappa shape index (κ1) is 15.7. The number of carboxylic acid groups (broad SMARTS) is 1. The van der Waals surface area contributed by atoms with E-state index in [1.165, 1.54) is 6.07 Å². The van der Waals surface area contributed by atoms with Crippen molar-refractivity contribution in [3.05, 3.63) is 29.3 Å². The first-order valence-corrected chi connectivity index (χ1v) is 6.22. The highest BCUT2D eigenvalue weighted by Crippen LogP contribution is 2.17. The highest BCUT2D eigenvalue weighted by molar-refractivity contribution is 6.03. The Kier molecular flexibility index (Phi) is 5.25. The number of hydrogen-bond acceptors (Lipinski definition) is 4. The summed E-state index contributed by atoms with van der Waals surface area (Å²) in [5, 5.41) is 13.7. The minimum Gasteiger partial charge on any atom is -0.480 e. The first-order valence-electron chi connectivity index (χ1n) is 6.22. The van der Waals surface area contributed by atoms with Crippen LogP contribution in [0.3, 0.4) is 0 Å². The van der Waals surface area contributed by atoms with E-state index in [2.05, 4.69) is 10.6 Å². The van der Waals surface area contributed by atoms with Gasteiger partial charge >= 0.3 is 5.97 Å². The second-order valence-electron chi connectivity index (χ2n) is 4.64. The molecule has 0 heterocycles. The Morgan fingerprint density at radius 1 is 1.15 bits per heavy atom. The molecule has 0 fully saturated rings. The molecule has 0 aliphatic rings. The lowest BCUT2D eigenvalue weighted by Crippen LogP contribution is -2.29. The van der Waals surface area contributed by atoms with Crippen molar-refractivity contribution in [2.75, 3.05) is 18.9 Å². The molecule has 0 aliphatic heterocycles. The van der Waals surface area contributed by atoms with Crippen molar-refractivity contribution in [1.82, 2.24) is 5.32 Å². The van der Waals surface area contributed by atoms with Gasteiger partial charge in [-0.25, -0.2) is 0 Å². The van der Waals surface area contributed by atoms with Gasteiger partial charge in [0.15, 0.2) is 5.78 Å². The third-order valence-electron chi connectivity index (χ3n) is 2.69. The largest absolute Gasteiger partial charge is 0.480 e. The molecule has 0 aliphatic carbocycles. The smallest absolute Gasteiger partial charge is 0.322 e. The molecule has 6 heteroatoms. The molecular formula is C14H18N2O4. The van der Waals surface area contributed by atoms with Crippen LogP contribution in [0, 0.1) is 5.92 Å². The Morgan fingerprint density at radius 3 is 2.25 bits per heavy atom. The van der Waals surface area contributed by atoms with Crippen LogP contribution in [0.15, 0.2) is 18.2 Å². The summed E-state index contributed by atoms with van der Waals surface area (Å²) in [6.07, 6.45) is 0. The van der Waals surface area contributed by atoms with E-state index < -0.39 is 18.4 Å². The summed E-state index contributed by atoms with van der Waals surface area (Å²) in [5.41, 5.74) is 1.30. The fourth-order valence-corrected chi connectivity index (χ4v) is 1.64. The van der Waals surface area contributed by atoms with Crippen LogP contribution in [0.25, 0.3) is 0 Å². The summed E-state index contributed by atoms with van der Waals surface area (Å²) in [7, 11) is 1.68. The predicted octanol–water partition coefficient (Wildman–Crippen LogP) is 1.38. The quantitative estimate of drug-likeness (QED) is 0.683. The number of anilines is 1. The first-order chi connectivity index (χ1) is 9.35. The lowest BCUT2D eigenvalue weighted by molar-refractivity contribution is -0.135. The summed E-state index contributed by atoms with van der Waals surface area (Å²) in [6, 6.07) is 4.70. The van der Waals surface area contributed by atoms with Gasteiger partial charge in [-0.3, -0.25) is 14.4 Å². The number of hydrogen-bond donors (Lipinski definition) is 3. The SMILES string of the molecule is CNc1cc(C(=O)NCC(=O)O)cc(C(=O)C(C)C)c1. The van der Waals surface area contributed by atoms with Crippen molar-refractivity contribution in [3.63, 3.8) is 0 Å². The number of carbonyl (C=O) groups is 3. The molecule has 0 atom stereocenters. The van der Waals surface area contributed by atoms with Gasteiger partial charge in [-0.05, 0) is 18.2 Å². The number of ketones is 1. The number of amides is 1. The zero-order chi connectivity index (χ0) is 15.3. The van der Waals surface area contributed by atoms with Gasteiger partial charge in [0, 0.05) is 29.8 Å². The molecule has 1 amide bonds. The second kappa shape index (κ2) is 6.70. The average molecular weight is 278 g/mol. The Hall–Kier alpha value is -2.37. The molecule has 0 spiro atoms. The number of benzene rings is 1. The number of Topliss-reactive ketones (excluding diaryl/α,β-unsaturated/α-hetero) is 1. The van der Waals surface area contributed by atoms with Crippen LogP contribution in [0.4, 0.5) is 5.69 Å². The number of nitrogens with one attached hydrogen (secondary N) is 2. The van der Waals surface area contributed by atoms with Gasteiger partial charge in [-0.2, -0.15) is 0 Å². The fourth-order valence-electron chi connectivity index (χ4n) is 1.64. The maximum absolute atomic E-state index is 12.0. The molecule has 0 saturated carbocycles. The molecular weight excluding hydrogens is 260 g/mol. The van der Waals surface area contributed by atoms with E-state index in [1.54, 1.807) is 33.0 Å². The van der Waals surface area contributed by atoms with Crippen LogP contribution in [-0.4, -0.2) is 36.4 Å². The van der Waals surface area contributed by atoms with Crippen LogP contribution in [-0.2, 0) is 4.79 Å². The summed E-state index contributed by atoms with van der Waals surface area (Å²) in [6.45, 7) is 3.09.